The SMILES string of the molecule is Cc1cccc(NC(=O)C(=O)NN=Cc2ccc(OCC(=O)NCc3ccccc3)cc2)c1. The Bertz CT molecular complexity index is 1130. The molecule has 3 N–H and O–H groups in total. The monoisotopic (exact) mass is 444 g/mol. The molecular formula is C25H24N4O4. The molecule has 0 saturated heterocycles. The van der Waals surface area contributed by atoms with Crippen molar-refractivity contribution in [2.45, 2.75) is 13.5 Å². The Kier molecular flexibility index (Phi) is 8.30. The molecule has 0 bridgehead atoms. The Hall–Kier alpha value is -4.46. The predicted molar refractivity (Wildman–Crippen MR) is 126 cm³/mol. The number of ether oxygens (including phenoxy) is 1. The highest BCUT2D eigenvalue weighted by atomic mass is 16.5. The number of aryl methyl sites for hydroxylation is 1. The number of nitrogens with zero attached hydrogens (tertiary/aromatic N) is 1. The van der Waals surface area contributed by atoms with E-state index in [1.165, 1.54) is 6.21 Å². The molecule has 0 aromatic heterocycles. The van der Waals surface area contributed by atoms with Crippen LogP contribution in [0.4, 0.5) is 5.69 Å². The van der Waals surface area contributed by atoms with E-state index in [4.69, 9.17) is 4.74 Å². The van der Waals surface area contributed by atoms with Gasteiger partial charge in [-0.3, -0.25) is 14.4 Å². The van der Waals surface area contributed by atoms with Crippen LogP contribution in [0.2, 0.25) is 0 Å². The molecule has 3 aromatic rings. The van der Waals surface area contributed by atoms with E-state index < -0.39 is 11.8 Å². The second-order valence-corrected chi connectivity index (χ2v) is 7.14. The zero-order chi connectivity index (χ0) is 23.5. The summed E-state index contributed by atoms with van der Waals surface area (Å²) in [6.45, 7) is 2.22. The van der Waals surface area contributed by atoms with Crippen molar-refractivity contribution in [2.24, 2.45) is 5.10 Å². The molecular weight excluding hydrogens is 420 g/mol. The minimum absolute atomic E-state index is 0.105. The Morgan fingerprint density at radius 1 is 0.909 bits per heavy atom. The van der Waals surface area contributed by atoms with Gasteiger partial charge in [0, 0.05) is 12.2 Å². The molecule has 0 unspecified atom stereocenters. The smallest absolute Gasteiger partial charge is 0.329 e. The fourth-order valence-electron chi connectivity index (χ4n) is 2.77. The van der Waals surface area contributed by atoms with Gasteiger partial charge >= 0.3 is 11.8 Å². The Labute approximate surface area is 191 Å². The van der Waals surface area contributed by atoms with E-state index in [2.05, 4.69) is 21.2 Å². The Balaban J connectivity index is 1.39. The highest BCUT2D eigenvalue weighted by Crippen LogP contribution is 2.11. The second kappa shape index (κ2) is 11.8. The third kappa shape index (κ3) is 7.95. The van der Waals surface area contributed by atoms with E-state index in [0.717, 1.165) is 11.1 Å². The van der Waals surface area contributed by atoms with Crippen molar-refractivity contribution >= 4 is 29.6 Å². The van der Waals surface area contributed by atoms with E-state index in [-0.39, 0.29) is 12.5 Å². The zero-order valence-electron chi connectivity index (χ0n) is 18.1. The van der Waals surface area contributed by atoms with Gasteiger partial charge in [-0.1, -0.05) is 42.5 Å². The molecule has 0 spiro atoms. The molecule has 0 radical (unpaired) electrons. The van der Waals surface area contributed by atoms with Gasteiger partial charge < -0.3 is 15.4 Å². The summed E-state index contributed by atoms with van der Waals surface area (Å²) in [6, 6.07) is 23.5. The average Bonchev–Trinajstić information content (AvgIpc) is 2.83. The van der Waals surface area contributed by atoms with Crippen LogP contribution < -0.4 is 20.8 Å². The molecule has 3 aromatic carbocycles. The van der Waals surface area contributed by atoms with Crippen LogP contribution in [0.3, 0.4) is 0 Å². The first kappa shape index (κ1) is 23.2. The summed E-state index contributed by atoms with van der Waals surface area (Å²) in [4.78, 5) is 35.7. The maximum atomic E-state index is 11.9. The van der Waals surface area contributed by atoms with Gasteiger partial charge in [0.15, 0.2) is 6.61 Å². The van der Waals surface area contributed by atoms with Gasteiger partial charge in [-0.25, -0.2) is 5.43 Å². The van der Waals surface area contributed by atoms with E-state index in [1.54, 1.807) is 42.5 Å². The lowest BCUT2D eigenvalue weighted by atomic mass is 10.2. The Morgan fingerprint density at radius 3 is 2.39 bits per heavy atom. The summed E-state index contributed by atoms with van der Waals surface area (Å²) in [7, 11) is 0. The molecule has 168 valence electrons. The predicted octanol–water partition coefficient (Wildman–Crippen LogP) is 2.78. The first-order valence-corrected chi connectivity index (χ1v) is 10.2. The fraction of sp³-hybridized carbons (Fsp3) is 0.120. The van der Waals surface area contributed by atoms with Crippen molar-refractivity contribution in [3.8, 4) is 5.75 Å². The molecule has 0 atom stereocenters. The number of anilines is 1. The third-order valence-electron chi connectivity index (χ3n) is 4.44. The number of hydrazone groups is 1. The van der Waals surface area contributed by atoms with Gasteiger partial charge in [0.05, 0.1) is 6.21 Å². The summed E-state index contributed by atoms with van der Waals surface area (Å²) in [6.07, 6.45) is 1.40. The lowest BCUT2D eigenvalue weighted by molar-refractivity contribution is -0.136. The third-order valence-corrected chi connectivity index (χ3v) is 4.44. The first-order chi connectivity index (χ1) is 16.0. The van der Waals surface area contributed by atoms with Crippen molar-refractivity contribution in [2.75, 3.05) is 11.9 Å². The van der Waals surface area contributed by atoms with Gasteiger partial charge in [-0.15, -0.1) is 0 Å². The average molecular weight is 444 g/mol. The van der Waals surface area contributed by atoms with Crippen LogP contribution in [0.1, 0.15) is 16.7 Å². The second-order valence-electron chi connectivity index (χ2n) is 7.14. The highest BCUT2D eigenvalue weighted by Gasteiger charge is 2.12. The number of nitrogens with one attached hydrogen (secondary N) is 3. The van der Waals surface area contributed by atoms with Crippen LogP contribution in [0.25, 0.3) is 0 Å². The summed E-state index contributed by atoms with van der Waals surface area (Å²) in [5.41, 5.74) is 5.36. The van der Waals surface area contributed by atoms with Gasteiger partial charge in [0.1, 0.15) is 5.75 Å². The number of carbonyl (C=O) groups excluding carboxylic acids is 3. The molecule has 8 heteroatoms. The van der Waals surface area contributed by atoms with Crippen LogP contribution in [-0.4, -0.2) is 30.5 Å². The summed E-state index contributed by atoms with van der Waals surface area (Å²) >= 11 is 0. The molecule has 0 aliphatic carbocycles. The standard InChI is InChI=1S/C25H24N4O4/c1-18-6-5-9-21(14-18)28-24(31)25(32)29-27-16-20-10-12-22(13-11-20)33-17-23(30)26-15-19-7-3-2-4-8-19/h2-14,16H,15,17H2,1H3,(H,26,30)(H,28,31)(H,29,32). The lowest BCUT2D eigenvalue weighted by Gasteiger charge is -2.08. The number of hydrogen-bond donors (Lipinski definition) is 3. The van der Waals surface area contributed by atoms with Crippen LogP contribution >= 0.6 is 0 Å². The number of hydrogen-bond acceptors (Lipinski definition) is 5. The molecule has 0 aliphatic rings. The minimum Gasteiger partial charge on any atom is -0.484 e. The van der Waals surface area contributed by atoms with Crippen LogP contribution in [0.5, 0.6) is 5.75 Å². The first-order valence-electron chi connectivity index (χ1n) is 10.2. The van der Waals surface area contributed by atoms with Crippen LogP contribution in [-0.2, 0) is 20.9 Å². The van der Waals surface area contributed by atoms with Crippen molar-refractivity contribution in [3.63, 3.8) is 0 Å². The van der Waals surface area contributed by atoms with Crippen molar-refractivity contribution in [1.82, 2.24) is 10.7 Å². The molecule has 8 nitrogen and oxygen atoms in total. The van der Waals surface area contributed by atoms with Gasteiger partial charge in [0.25, 0.3) is 5.91 Å². The van der Waals surface area contributed by atoms with Crippen molar-refractivity contribution in [3.05, 3.63) is 95.6 Å². The largest absolute Gasteiger partial charge is 0.484 e. The molecule has 0 aliphatic heterocycles. The van der Waals surface area contributed by atoms with E-state index in [9.17, 15) is 14.4 Å². The molecule has 3 rings (SSSR count). The number of benzene rings is 3. The van der Waals surface area contributed by atoms with Crippen LogP contribution in [0.15, 0.2) is 84.0 Å². The fourth-order valence-corrected chi connectivity index (χ4v) is 2.77. The van der Waals surface area contributed by atoms with E-state index in [0.29, 0.717) is 23.5 Å². The summed E-state index contributed by atoms with van der Waals surface area (Å²) < 4.78 is 5.47. The maximum absolute atomic E-state index is 11.9. The number of carbonyl (C=O) groups is 3. The molecule has 0 fully saturated rings. The normalized spacial score (nSPS) is 10.5. The topological polar surface area (TPSA) is 109 Å². The minimum atomic E-state index is -0.880. The highest BCUT2D eigenvalue weighted by molar-refractivity contribution is 6.39. The molecule has 0 saturated carbocycles. The Morgan fingerprint density at radius 2 is 1.67 bits per heavy atom. The number of amides is 3. The van der Waals surface area contributed by atoms with Crippen molar-refractivity contribution in [1.29, 1.82) is 0 Å². The lowest BCUT2D eigenvalue weighted by Crippen LogP contribution is -2.32. The van der Waals surface area contributed by atoms with Gasteiger partial charge in [-0.05, 0) is 60.0 Å². The quantitative estimate of drug-likeness (QED) is 0.282. The molecule has 33 heavy (non-hydrogen) atoms. The molecule has 3 amide bonds. The van der Waals surface area contributed by atoms with E-state index >= 15 is 0 Å². The molecule has 0 heterocycles. The van der Waals surface area contributed by atoms with E-state index in [1.807, 2.05) is 43.3 Å². The summed E-state index contributed by atoms with van der Waals surface area (Å²) in [5, 5.41) is 9.08. The van der Waals surface area contributed by atoms with Crippen molar-refractivity contribution < 1.29 is 19.1 Å². The van der Waals surface area contributed by atoms with Gasteiger partial charge in [0.2, 0.25) is 0 Å². The van der Waals surface area contributed by atoms with Gasteiger partial charge in [-0.2, -0.15) is 5.10 Å². The number of rotatable bonds is 8. The maximum Gasteiger partial charge on any atom is 0.329 e. The summed E-state index contributed by atoms with van der Waals surface area (Å²) in [5.74, 6) is -1.40. The zero-order valence-corrected chi connectivity index (χ0v) is 18.1. The van der Waals surface area contributed by atoms with Crippen LogP contribution in [0, 0.1) is 6.92 Å².